The normalized spacial score (nSPS) is 11.9. The first-order chi connectivity index (χ1) is 14.0. The molecule has 1 amide bonds. The molecule has 29 heavy (non-hydrogen) atoms. The van der Waals surface area contributed by atoms with Gasteiger partial charge in [0.05, 0.1) is 11.0 Å². The van der Waals surface area contributed by atoms with Gasteiger partial charge in [0, 0.05) is 40.4 Å². The molecule has 2 N–H and O–H groups in total. The van der Waals surface area contributed by atoms with Crippen molar-refractivity contribution in [3.8, 4) is 0 Å². The average Bonchev–Trinajstić information content (AvgIpc) is 3.15. The van der Waals surface area contributed by atoms with Crippen LogP contribution in [0.2, 0.25) is 0 Å². The predicted octanol–water partition coefficient (Wildman–Crippen LogP) is 4.90. The van der Waals surface area contributed by atoms with E-state index in [1.165, 1.54) is 12.1 Å². The Balaban J connectivity index is 1.78. The minimum absolute atomic E-state index is 0.0108. The second-order valence-corrected chi connectivity index (χ2v) is 6.91. The van der Waals surface area contributed by atoms with Crippen molar-refractivity contribution in [2.24, 2.45) is 0 Å². The molecule has 0 spiro atoms. The van der Waals surface area contributed by atoms with Crippen molar-refractivity contribution in [3.05, 3.63) is 111 Å². The SMILES string of the molecule is Cc1ccc2[nH]cc(C(NC(=O)c3ccccc3)c3ccc([N+](=O)[O-])cc3)c2c1. The maximum absolute atomic E-state index is 12.9. The summed E-state index contributed by atoms with van der Waals surface area (Å²) < 4.78 is 0. The van der Waals surface area contributed by atoms with E-state index in [9.17, 15) is 14.9 Å². The predicted molar refractivity (Wildman–Crippen MR) is 112 cm³/mol. The molecule has 0 aliphatic heterocycles. The maximum Gasteiger partial charge on any atom is 0.269 e. The number of carbonyl (C=O) groups is 1. The number of nitro groups is 1. The van der Waals surface area contributed by atoms with Gasteiger partial charge in [-0.25, -0.2) is 0 Å². The number of H-pyrrole nitrogens is 1. The molecule has 144 valence electrons. The lowest BCUT2D eigenvalue weighted by Crippen LogP contribution is -2.29. The van der Waals surface area contributed by atoms with Gasteiger partial charge in [-0.15, -0.1) is 0 Å². The van der Waals surface area contributed by atoms with E-state index in [2.05, 4.69) is 16.4 Å². The van der Waals surface area contributed by atoms with Gasteiger partial charge in [-0.2, -0.15) is 0 Å². The Morgan fingerprint density at radius 1 is 1.03 bits per heavy atom. The fourth-order valence-corrected chi connectivity index (χ4v) is 3.43. The minimum atomic E-state index is -0.459. The fraction of sp³-hybridized carbons (Fsp3) is 0.0870. The number of nitro benzene ring substituents is 1. The summed E-state index contributed by atoms with van der Waals surface area (Å²) in [6.45, 7) is 2.01. The van der Waals surface area contributed by atoms with Crippen molar-refractivity contribution in [2.75, 3.05) is 0 Å². The molecule has 1 unspecified atom stereocenters. The zero-order valence-corrected chi connectivity index (χ0v) is 15.8. The molecule has 1 heterocycles. The molecule has 0 fully saturated rings. The number of nitrogens with one attached hydrogen (secondary N) is 2. The first kappa shape index (κ1) is 18.4. The zero-order chi connectivity index (χ0) is 20.4. The van der Waals surface area contributed by atoms with E-state index < -0.39 is 11.0 Å². The molecule has 1 aromatic heterocycles. The van der Waals surface area contributed by atoms with Crippen LogP contribution in [0.3, 0.4) is 0 Å². The summed E-state index contributed by atoms with van der Waals surface area (Å²) in [6, 6.07) is 20.9. The van der Waals surface area contributed by atoms with Crippen molar-refractivity contribution in [3.63, 3.8) is 0 Å². The van der Waals surface area contributed by atoms with Gasteiger partial charge in [-0.3, -0.25) is 14.9 Å². The molecule has 0 radical (unpaired) electrons. The smallest absolute Gasteiger partial charge is 0.269 e. The number of amides is 1. The summed E-state index contributed by atoms with van der Waals surface area (Å²) in [4.78, 5) is 26.7. The van der Waals surface area contributed by atoms with E-state index in [4.69, 9.17) is 0 Å². The van der Waals surface area contributed by atoms with Gasteiger partial charge >= 0.3 is 0 Å². The lowest BCUT2D eigenvalue weighted by atomic mass is 9.96. The van der Waals surface area contributed by atoms with Crippen LogP contribution in [0.1, 0.15) is 33.1 Å². The third-order valence-corrected chi connectivity index (χ3v) is 4.93. The number of benzene rings is 3. The number of aromatic amines is 1. The van der Waals surface area contributed by atoms with Gasteiger partial charge < -0.3 is 10.3 Å². The number of nitrogens with zero attached hydrogens (tertiary/aromatic N) is 1. The summed E-state index contributed by atoms with van der Waals surface area (Å²) in [6.07, 6.45) is 1.88. The quantitative estimate of drug-likeness (QED) is 0.378. The number of rotatable bonds is 5. The van der Waals surface area contributed by atoms with Gasteiger partial charge in [0.15, 0.2) is 0 Å². The number of hydrogen-bond donors (Lipinski definition) is 2. The molecule has 4 aromatic rings. The van der Waals surface area contributed by atoms with Crippen LogP contribution < -0.4 is 5.32 Å². The van der Waals surface area contributed by atoms with E-state index >= 15 is 0 Å². The number of hydrogen-bond acceptors (Lipinski definition) is 3. The zero-order valence-electron chi connectivity index (χ0n) is 15.8. The van der Waals surface area contributed by atoms with Crippen molar-refractivity contribution in [1.29, 1.82) is 0 Å². The third-order valence-electron chi connectivity index (χ3n) is 4.93. The Morgan fingerprint density at radius 3 is 2.45 bits per heavy atom. The van der Waals surface area contributed by atoms with Gasteiger partial charge in [0.1, 0.15) is 0 Å². The van der Waals surface area contributed by atoms with Crippen LogP contribution in [0.4, 0.5) is 5.69 Å². The monoisotopic (exact) mass is 385 g/mol. The standard InChI is InChI=1S/C23H19N3O3/c1-15-7-12-21-19(13-15)20(14-24-21)22(16-8-10-18(11-9-16)26(28)29)25-23(27)17-5-3-2-4-6-17/h2-14,22,24H,1H3,(H,25,27). The van der Waals surface area contributed by atoms with E-state index in [0.717, 1.165) is 27.6 Å². The van der Waals surface area contributed by atoms with Crippen molar-refractivity contribution >= 4 is 22.5 Å². The summed E-state index contributed by atoms with van der Waals surface area (Å²) in [5, 5.41) is 15.1. The summed E-state index contributed by atoms with van der Waals surface area (Å²) >= 11 is 0. The van der Waals surface area contributed by atoms with Crippen LogP contribution in [0, 0.1) is 17.0 Å². The Labute approximate surface area is 167 Å². The highest BCUT2D eigenvalue weighted by molar-refractivity contribution is 5.95. The molecule has 6 heteroatoms. The molecule has 1 atom stereocenters. The van der Waals surface area contributed by atoms with E-state index in [1.807, 2.05) is 43.5 Å². The van der Waals surface area contributed by atoms with Crippen LogP contribution in [0.15, 0.2) is 79.0 Å². The van der Waals surface area contributed by atoms with Crippen molar-refractivity contribution in [1.82, 2.24) is 10.3 Å². The highest BCUT2D eigenvalue weighted by atomic mass is 16.6. The molecule has 0 bridgehead atoms. The largest absolute Gasteiger partial charge is 0.361 e. The van der Waals surface area contributed by atoms with Gasteiger partial charge in [-0.05, 0) is 48.9 Å². The third kappa shape index (κ3) is 3.73. The summed E-state index contributed by atoms with van der Waals surface area (Å²) in [5.41, 5.74) is 4.30. The van der Waals surface area contributed by atoms with Crippen LogP contribution >= 0.6 is 0 Å². The minimum Gasteiger partial charge on any atom is -0.361 e. The highest BCUT2D eigenvalue weighted by Crippen LogP contribution is 2.31. The van der Waals surface area contributed by atoms with Crippen molar-refractivity contribution in [2.45, 2.75) is 13.0 Å². The fourth-order valence-electron chi connectivity index (χ4n) is 3.43. The van der Waals surface area contributed by atoms with Crippen LogP contribution in [-0.4, -0.2) is 15.8 Å². The Bertz CT molecular complexity index is 1180. The van der Waals surface area contributed by atoms with E-state index in [1.54, 1.807) is 24.3 Å². The molecule has 0 aliphatic carbocycles. The molecule has 0 saturated heterocycles. The number of non-ortho nitro benzene ring substituents is 1. The molecule has 0 aliphatic rings. The number of aryl methyl sites for hydroxylation is 1. The second kappa shape index (κ2) is 7.59. The van der Waals surface area contributed by atoms with E-state index in [0.29, 0.717) is 5.56 Å². The molecule has 0 saturated carbocycles. The van der Waals surface area contributed by atoms with Crippen LogP contribution in [-0.2, 0) is 0 Å². The molecule has 6 nitrogen and oxygen atoms in total. The van der Waals surface area contributed by atoms with Gasteiger partial charge in [0.2, 0.25) is 0 Å². The van der Waals surface area contributed by atoms with Gasteiger partial charge in [-0.1, -0.05) is 29.8 Å². The lowest BCUT2D eigenvalue weighted by Gasteiger charge is -2.19. The Hall–Kier alpha value is -3.93. The van der Waals surface area contributed by atoms with Gasteiger partial charge in [0.25, 0.3) is 11.6 Å². The molecular weight excluding hydrogens is 366 g/mol. The number of aromatic nitrogens is 1. The summed E-state index contributed by atoms with van der Waals surface area (Å²) in [5.74, 6) is -0.212. The Morgan fingerprint density at radius 2 is 1.76 bits per heavy atom. The molecule has 4 rings (SSSR count). The van der Waals surface area contributed by atoms with Crippen molar-refractivity contribution < 1.29 is 9.72 Å². The second-order valence-electron chi connectivity index (χ2n) is 6.91. The first-order valence-corrected chi connectivity index (χ1v) is 9.21. The summed E-state index contributed by atoms with van der Waals surface area (Å²) in [7, 11) is 0. The number of carbonyl (C=O) groups excluding carboxylic acids is 1. The Kier molecular flexibility index (Phi) is 4.83. The van der Waals surface area contributed by atoms with Crippen LogP contribution in [0.25, 0.3) is 10.9 Å². The topological polar surface area (TPSA) is 88.0 Å². The average molecular weight is 385 g/mol. The number of fused-ring (bicyclic) bond motifs is 1. The molecular formula is C23H19N3O3. The maximum atomic E-state index is 12.9. The van der Waals surface area contributed by atoms with E-state index in [-0.39, 0.29) is 11.6 Å². The van der Waals surface area contributed by atoms with Crippen LogP contribution in [0.5, 0.6) is 0 Å². The highest BCUT2D eigenvalue weighted by Gasteiger charge is 2.22. The first-order valence-electron chi connectivity index (χ1n) is 9.21. The molecule has 3 aromatic carbocycles. The lowest BCUT2D eigenvalue weighted by molar-refractivity contribution is -0.384.